The van der Waals surface area contributed by atoms with Crippen molar-refractivity contribution in [3.63, 3.8) is 0 Å². The number of amides is 1. The molecular weight excluding hydrogens is 272 g/mol. The third-order valence-corrected chi connectivity index (χ3v) is 4.58. The number of aryl methyl sites for hydroxylation is 1. The zero-order chi connectivity index (χ0) is 14.4. The van der Waals surface area contributed by atoms with E-state index in [2.05, 4.69) is 33.9 Å². The van der Waals surface area contributed by atoms with Gasteiger partial charge in [-0.25, -0.2) is 0 Å². The van der Waals surface area contributed by atoms with E-state index in [4.69, 9.17) is 0 Å². The second-order valence-electron chi connectivity index (χ2n) is 5.24. The van der Waals surface area contributed by atoms with Gasteiger partial charge in [0, 0.05) is 19.0 Å². The average Bonchev–Trinajstić information content (AvgIpc) is 3.07. The maximum absolute atomic E-state index is 11.9. The van der Waals surface area contributed by atoms with Crippen molar-refractivity contribution in [2.45, 2.75) is 70.1 Å². The highest BCUT2D eigenvalue weighted by Crippen LogP contribution is 2.20. The highest BCUT2D eigenvalue weighted by Gasteiger charge is 2.18. The predicted molar refractivity (Wildman–Crippen MR) is 80.8 cm³/mol. The molecule has 1 N–H and O–H groups in total. The Morgan fingerprint density at radius 3 is 2.75 bits per heavy atom. The van der Waals surface area contributed by atoms with Gasteiger partial charge >= 0.3 is 0 Å². The fourth-order valence-electron chi connectivity index (χ4n) is 2.61. The van der Waals surface area contributed by atoms with Crippen LogP contribution < -0.4 is 5.32 Å². The lowest BCUT2D eigenvalue weighted by Crippen LogP contribution is -2.33. The zero-order valence-electron chi connectivity index (χ0n) is 12.4. The molecule has 0 saturated heterocycles. The number of carbonyl (C=O) groups is 1. The van der Waals surface area contributed by atoms with Gasteiger partial charge in [0.05, 0.1) is 5.75 Å². The molecule has 1 saturated carbocycles. The van der Waals surface area contributed by atoms with Crippen molar-refractivity contribution in [1.82, 2.24) is 20.1 Å². The molecular formula is C14H24N4OS. The molecule has 1 aromatic heterocycles. The van der Waals surface area contributed by atoms with Gasteiger partial charge in [0.2, 0.25) is 5.91 Å². The Hall–Kier alpha value is -1.04. The number of nitrogens with one attached hydrogen (secondary N) is 1. The quantitative estimate of drug-likeness (QED) is 0.785. The summed E-state index contributed by atoms with van der Waals surface area (Å²) in [6, 6.07) is 0.391. The van der Waals surface area contributed by atoms with Gasteiger partial charge in [-0.3, -0.25) is 4.79 Å². The summed E-state index contributed by atoms with van der Waals surface area (Å²) in [6.07, 6.45) is 6.66. The average molecular weight is 296 g/mol. The van der Waals surface area contributed by atoms with Gasteiger partial charge in [-0.2, -0.15) is 0 Å². The summed E-state index contributed by atoms with van der Waals surface area (Å²) in [6.45, 7) is 5.14. The maximum Gasteiger partial charge on any atom is 0.230 e. The number of nitrogens with zero attached hydrogens (tertiary/aromatic N) is 3. The van der Waals surface area contributed by atoms with Crippen molar-refractivity contribution in [2.24, 2.45) is 0 Å². The Labute approximate surface area is 124 Å². The van der Waals surface area contributed by atoms with Crippen LogP contribution in [0.5, 0.6) is 0 Å². The number of aromatic nitrogens is 3. The Kier molecular flexibility index (Phi) is 5.88. The summed E-state index contributed by atoms with van der Waals surface area (Å²) in [5.41, 5.74) is 0. The minimum absolute atomic E-state index is 0.117. The van der Waals surface area contributed by atoms with Crippen molar-refractivity contribution in [3.05, 3.63) is 5.82 Å². The molecule has 1 amide bonds. The van der Waals surface area contributed by atoms with Gasteiger partial charge in [0.1, 0.15) is 5.82 Å². The smallest absolute Gasteiger partial charge is 0.230 e. The number of rotatable bonds is 7. The normalized spacial score (nSPS) is 15.7. The van der Waals surface area contributed by atoms with Crippen LogP contribution in [0.4, 0.5) is 0 Å². The molecule has 1 heterocycles. The summed E-state index contributed by atoms with van der Waals surface area (Å²) in [7, 11) is 0. The van der Waals surface area contributed by atoms with E-state index in [1.54, 1.807) is 0 Å². The first-order valence-corrected chi connectivity index (χ1v) is 8.57. The van der Waals surface area contributed by atoms with Crippen molar-refractivity contribution in [2.75, 3.05) is 5.75 Å². The zero-order valence-corrected chi connectivity index (χ0v) is 13.2. The molecule has 0 aliphatic heterocycles. The summed E-state index contributed by atoms with van der Waals surface area (Å²) in [4.78, 5) is 11.9. The van der Waals surface area contributed by atoms with Crippen LogP contribution in [0, 0.1) is 0 Å². The Balaban J connectivity index is 1.86. The molecule has 20 heavy (non-hydrogen) atoms. The van der Waals surface area contributed by atoms with Crippen LogP contribution in [0.1, 0.15) is 51.8 Å². The molecule has 1 aromatic rings. The molecule has 0 bridgehead atoms. The van der Waals surface area contributed by atoms with Gasteiger partial charge in [0.15, 0.2) is 5.16 Å². The molecule has 0 unspecified atom stereocenters. The summed E-state index contributed by atoms with van der Waals surface area (Å²) >= 11 is 1.49. The molecule has 5 nitrogen and oxygen atoms in total. The van der Waals surface area contributed by atoms with Crippen LogP contribution in [0.3, 0.4) is 0 Å². The minimum atomic E-state index is 0.117. The number of carbonyl (C=O) groups excluding carboxylic acids is 1. The van der Waals surface area contributed by atoms with Gasteiger partial charge in [0.25, 0.3) is 0 Å². The van der Waals surface area contributed by atoms with Gasteiger partial charge in [-0.1, -0.05) is 38.5 Å². The number of hydrogen-bond donors (Lipinski definition) is 1. The van der Waals surface area contributed by atoms with Gasteiger partial charge in [-0.15, -0.1) is 10.2 Å². The second-order valence-corrected chi connectivity index (χ2v) is 6.18. The molecule has 0 spiro atoms. The first kappa shape index (κ1) is 15.4. The third-order valence-electron chi connectivity index (χ3n) is 3.61. The lowest BCUT2D eigenvalue weighted by molar-refractivity contribution is -0.119. The maximum atomic E-state index is 11.9. The molecule has 0 aromatic carbocycles. The van der Waals surface area contributed by atoms with Crippen LogP contribution in [0.15, 0.2) is 5.16 Å². The van der Waals surface area contributed by atoms with E-state index in [-0.39, 0.29) is 5.91 Å². The fraction of sp³-hybridized carbons (Fsp3) is 0.786. The fourth-order valence-corrected chi connectivity index (χ4v) is 3.40. The van der Waals surface area contributed by atoms with E-state index < -0.39 is 0 Å². The molecule has 1 aliphatic rings. The van der Waals surface area contributed by atoms with Crippen molar-refractivity contribution >= 4 is 17.7 Å². The summed E-state index contributed by atoms with van der Waals surface area (Å²) in [5, 5.41) is 12.4. The van der Waals surface area contributed by atoms with Crippen LogP contribution in [0.2, 0.25) is 0 Å². The molecule has 0 radical (unpaired) electrons. The Morgan fingerprint density at radius 1 is 1.35 bits per heavy atom. The Bertz CT molecular complexity index is 440. The summed E-state index contributed by atoms with van der Waals surface area (Å²) < 4.78 is 2.13. The minimum Gasteiger partial charge on any atom is -0.353 e. The lowest BCUT2D eigenvalue weighted by atomic mass is 10.2. The van der Waals surface area contributed by atoms with Gasteiger partial charge in [-0.05, 0) is 19.3 Å². The molecule has 6 heteroatoms. The Morgan fingerprint density at radius 2 is 2.10 bits per heavy atom. The van der Waals surface area contributed by atoms with E-state index in [9.17, 15) is 4.79 Å². The molecule has 112 valence electrons. The first-order chi connectivity index (χ1) is 9.74. The van der Waals surface area contributed by atoms with E-state index in [1.807, 2.05) is 0 Å². The predicted octanol–water partition coefficient (Wildman–Crippen LogP) is 2.40. The number of hydrogen-bond acceptors (Lipinski definition) is 4. The molecule has 2 rings (SSSR count). The number of thioether (sulfide) groups is 1. The van der Waals surface area contributed by atoms with Crippen LogP contribution >= 0.6 is 11.8 Å². The van der Waals surface area contributed by atoms with E-state index in [0.29, 0.717) is 11.8 Å². The third kappa shape index (κ3) is 3.98. The highest BCUT2D eigenvalue weighted by atomic mass is 32.2. The highest BCUT2D eigenvalue weighted by molar-refractivity contribution is 7.99. The van der Waals surface area contributed by atoms with Gasteiger partial charge < -0.3 is 9.88 Å². The van der Waals surface area contributed by atoms with Crippen LogP contribution in [-0.2, 0) is 17.8 Å². The standard InChI is InChI=1S/C14H24N4OS/c1-3-9-18-12(4-2)16-17-14(18)20-10-13(19)15-11-7-5-6-8-11/h11H,3-10H2,1-2H3,(H,15,19). The van der Waals surface area contributed by atoms with Crippen LogP contribution in [0.25, 0.3) is 0 Å². The second kappa shape index (κ2) is 7.67. The molecule has 0 atom stereocenters. The van der Waals surface area contributed by atoms with Crippen LogP contribution in [-0.4, -0.2) is 32.5 Å². The SMILES string of the molecule is CCCn1c(CC)nnc1SCC(=O)NC1CCCC1. The van der Waals surface area contributed by atoms with Crippen molar-refractivity contribution in [1.29, 1.82) is 0 Å². The lowest BCUT2D eigenvalue weighted by Gasteiger charge is -2.12. The molecule has 1 aliphatic carbocycles. The van der Waals surface area contributed by atoms with E-state index in [1.165, 1.54) is 24.6 Å². The van der Waals surface area contributed by atoms with Crippen molar-refractivity contribution < 1.29 is 4.79 Å². The summed E-state index contributed by atoms with van der Waals surface area (Å²) in [5.74, 6) is 1.55. The largest absolute Gasteiger partial charge is 0.353 e. The molecule has 1 fully saturated rings. The van der Waals surface area contributed by atoms with E-state index in [0.717, 1.165) is 43.2 Å². The monoisotopic (exact) mass is 296 g/mol. The van der Waals surface area contributed by atoms with E-state index >= 15 is 0 Å². The van der Waals surface area contributed by atoms with Crippen molar-refractivity contribution in [3.8, 4) is 0 Å². The first-order valence-electron chi connectivity index (χ1n) is 7.58. The topological polar surface area (TPSA) is 59.8 Å².